The van der Waals surface area contributed by atoms with Crippen LogP contribution in [0.15, 0.2) is 30.3 Å². The van der Waals surface area contributed by atoms with Crippen molar-refractivity contribution >= 4 is 22.9 Å². The van der Waals surface area contributed by atoms with Crippen molar-refractivity contribution in [1.29, 1.82) is 0 Å². The zero-order chi connectivity index (χ0) is 13.0. The number of hydrogen-bond donors (Lipinski definition) is 1. The Morgan fingerprint density at radius 3 is 2.72 bits per heavy atom. The predicted octanol–water partition coefficient (Wildman–Crippen LogP) is 1.83. The van der Waals surface area contributed by atoms with Gasteiger partial charge in [-0.05, 0) is 22.6 Å². The van der Waals surface area contributed by atoms with E-state index in [1.165, 1.54) is 0 Å². The first kappa shape index (κ1) is 12.6. The lowest BCUT2D eigenvalue weighted by Crippen LogP contribution is -2.21. The van der Waals surface area contributed by atoms with Crippen molar-refractivity contribution in [3.8, 4) is 0 Å². The van der Waals surface area contributed by atoms with E-state index in [4.69, 9.17) is 12.2 Å². The average Bonchev–Trinajstić information content (AvgIpc) is 2.76. The molecule has 0 amide bonds. The van der Waals surface area contributed by atoms with Crippen molar-refractivity contribution < 1.29 is 0 Å². The summed E-state index contributed by atoms with van der Waals surface area (Å²) in [4.78, 5) is 0.796. The van der Waals surface area contributed by atoms with E-state index < -0.39 is 0 Å². The van der Waals surface area contributed by atoms with Crippen molar-refractivity contribution in [1.82, 2.24) is 20.2 Å². The quantitative estimate of drug-likeness (QED) is 0.851. The number of anilines is 1. The highest BCUT2D eigenvalue weighted by molar-refractivity contribution is 7.80. The molecule has 0 aliphatic carbocycles. The number of hydrogen-bond acceptors (Lipinski definition) is 4. The minimum Gasteiger partial charge on any atom is -0.350 e. The monoisotopic (exact) mass is 261 g/mol. The molecule has 0 saturated carbocycles. The molecule has 0 bridgehead atoms. The summed E-state index contributed by atoms with van der Waals surface area (Å²) in [7, 11) is 1.83. The molecule has 0 aliphatic rings. The second kappa shape index (κ2) is 5.68. The Kier molecular flexibility index (Phi) is 3.99. The maximum Gasteiger partial charge on any atom is 0.151 e. The lowest BCUT2D eigenvalue weighted by molar-refractivity contribution is 0.641. The van der Waals surface area contributed by atoms with E-state index in [1.54, 1.807) is 4.68 Å². The molecule has 1 atom stereocenters. The van der Waals surface area contributed by atoms with Gasteiger partial charge in [0.25, 0.3) is 0 Å². The van der Waals surface area contributed by atoms with Gasteiger partial charge < -0.3 is 5.32 Å². The first-order chi connectivity index (χ1) is 8.66. The molecule has 2 rings (SSSR count). The molecule has 1 aromatic carbocycles. The number of rotatable bonds is 4. The van der Waals surface area contributed by atoms with Gasteiger partial charge in [0, 0.05) is 25.1 Å². The van der Waals surface area contributed by atoms with Gasteiger partial charge in [-0.15, -0.1) is 5.10 Å². The molecule has 0 radical (unpaired) electrons. The van der Waals surface area contributed by atoms with E-state index in [2.05, 4.69) is 27.8 Å². The Morgan fingerprint density at radius 1 is 1.39 bits per heavy atom. The average molecular weight is 261 g/mol. The van der Waals surface area contributed by atoms with Crippen LogP contribution in [0.1, 0.15) is 12.7 Å². The molecule has 1 aromatic heterocycles. The normalized spacial score (nSPS) is 12.1. The summed E-state index contributed by atoms with van der Waals surface area (Å²) in [5, 5.41) is 14.6. The van der Waals surface area contributed by atoms with Crippen molar-refractivity contribution in [2.75, 3.05) is 5.32 Å². The molecule has 18 heavy (non-hydrogen) atoms. The third-order valence-corrected chi connectivity index (χ3v) is 3.19. The van der Waals surface area contributed by atoms with Crippen molar-refractivity contribution in [2.24, 2.45) is 13.0 Å². The number of thiocarbonyl (C=S) groups is 1. The molecular weight excluding hydrogens is 246 g/mol. The number of para-hydroxylation sites is 1. The first-order valence-corrected chi connectivity index (χ1v) is 6.15. The highest BCUT2D eigenvalue weighted by Crippen LogP contribution is 2.11. The second-order valence-electron chi connectivity index (χ2n) is 4.18. The van der Waals surface area contributed by atoms with E-state index in [0.717, 1.165) is 22.9 Å². The SMILES string of the molecule is CC(Cc1nnnn1C)C(=S)Nc1ccccc1. The van der Waals surface area contributed by atoms with E-state index in [-0.39, 0.29) is 5.92 Å². The van der Waals surface area contributed by atoms with Crippen LogP contribution in [0, 0.1) is 5.92 Å². The minimum atomic E-state index is 0.185. The zero-order valence-electron chi connectivity index (χ0n) is 10.4. The molecule has 5 nitrogen and oxygen atoms in total. The van der Waals surface area contributed by atoms with Gasteiger partial charge in [0.2, 0.25) is 0 Å². The Balaban J connectivity index is 1.95. The van der Waals surface area contributed by atoms with E-state index >= 15 is 0 Å². The van der Waals surface area contributed by atoms with Crippen LogP contribution in [-0.2, 0) is 13.5 Å². The van der Waals surface area contributed by atoms with Gasteiger partial charge in [-0.3, -0.25) is 0 Å². The molecule has 0 aliphatic heterocycles. The molecule has 1 heterocycles. The van der Waals surface area contributed by atoms with Crippen LogP contribution < -0.4 is 5.32 Å². The van der Waals surface area contributed by atoms with Gasteiger partial charge in [0.05, 0.1) is 4.99 Å². The van der Waals surface area contributed by atoms with Crippen molar-refractivity contribution in [2.45, 2.75) is 13.3 Å². The van der Waals surface area contributed by atoms with Crippen LogP contribution in [0.5, 0.6) is 0 Å². The van der Waals surface area contributed by atoms with Crippen molar-refractivity contribution in [3.63, 3.8) is 0 Å². The fourth-order valence-corrected chi connectivity index (χ4v) is 1.78. The van der Waals surface area contributed by atoms with Gasteiger partial charge in [-0.2, -0.15) is 0 Å². The Bertz CT molecular complexity index is 522. The van der Waals surface area contributed by atoms with Gasteiger partial charge in [-0.1, -0.05) is 37.3 Å². The number of aryl methyl sites for hydroxylation is 1. The predicted molar refractivity (Wildman–Crippen MR) is 74.3 cm³/mol. The number of tetrazole rings is 1. The lowest BCUT2D eigenvalue weighted by atomic mass is 10.1. The fourth-order valence-electron chi connectivity index (χ4n) is 1.57. The number of aromatic nitrogens is 4. The summed E-state index contributed by atoms with van der Waals surface area (Å²) >= 11 is 5.39. The largest absolute Gasteiger partial charge is 0.350 e. The molecule has 1 N–H and O–H groups in total. The standard InChI is InChI=1S/C12H15N5S/c1-9(8-11-14-15-16-17(11)2)12(18)13-10-6-4-3-5-7-10/h3-7,9H,8H2,1-2H3,(H,13,18). The minimum absolute atomic E-state index is 0.185. The lowest BCUT2D eigenvalue weighted by Gasteiger charge is -2.14. The Hall–Kier alpha value is -1.82. The molecule has 94 valence electrons. The van der Waals surface area contributed by atoms with Gasteiger partial charge in [0.15, 0.2) is 5.82 Å². The molecule has 0 saturated heterocycles. The number of benzene rings is 1. The topological polar surface area (TPSA) is 55.6 Å². The zero-order valence-corrected chi connectivity index (χ0v) is 11.2. The van der Waals surface area contributed by atoms with E-state index in [0.29, 0.717) is 0 Å². The van der Waals surface area contributed by atoms with Gasteiger partial charge >= 0.3 is 0 Å². The summed E-state index contributed by atoms with van der Waals surface area (Å²) in [6, 6.07) is 9.90. The maximum absolute atomic E-state index is 5.39. The number of nitrogens with one attached hydrogen (secondary N) is 1. The number of nitrogens with zero attached hydrogens (tertiary/aromatic N) is 4. The second-order valence-corrected chi connectivity index (χ2v) is 4.62. The summed E-state index contributed by atoms with van der Waals surface area (Å²) in [5.41, 5.74) is 1.01. The van der Waals surface area contributed by atoms with Crippen molar-refractivity contribution in [3.05, 3.63) is 36.2 Å². The molecule has 2 aromatic rings. The van der Waals surface area contributed by atoms with Crippen LogP contribution in [0.25, 0.3) is 0 Å². The Morgan fingerprint density at radius 2 is 2.11 bits per heavy atom. The first-order valence-electron chi connectivity index (χ1n) is 5.74. The third kappa shape index (κ3) is 3.10. The summed E-state index contributed by atoms with van der Waals surface area (Å²) in [5.74, 6) is 1.02. The maximum atomic E-state index is 5.39. The van der Waals surface area contributed by atoms with Gasteiger partial charge in [-0.25, -0.2) is 4.68 Å². The highest BCUT2D eigenvalue weighted by atomic mass is 32.1. The Labute approximate surface area is 111 Å². The highest BCUT2D eigenvalue weighted by Gasteiger charge is 2.13. The van der Waals surface area contributed by atoms with Crippen LogP contribution in [0.3, 0.4) is 0 Å². The van der Waals surface area contributed by atoms with E-state index in [1.807, 2.05) is 37.4 Å². The smallest absolute Gasteiger partial charge is 0.151 e. The van der Waals surface area contributed by atoms with Crippen LogP contribution in [0.2, 0.25) is 0 Å². The van der Waals surface area contributed by atoms with Crippen LogP contribution in [-0.4, -0.2) is 25.2 Å². The van der Waals surface area contributed by atoms with Crippen LogP contribution >= 0.6 is 12.2 Å². The molecule has 6 heteroatoms. The fraction of sp³-hybridized carbons (Fsp3) is 0.333. The van der Waals surface area contributed by atoms with E-state index in [9.17, 15) is 0 Å². The molecular formula is C12H15N5S. The summed E-state index contributed by atoms with van der Waals surface area (Å²) in [6.07, 6.45) is 0.724. The summed E-state index contributed by atoms with van der Waals surface area (Å²) in [6.45, 7) is 2.06. The molecule has 1 unspecified atom stereocenters. The summed E-state index contributed by atoms with van der Waals surface area (Å²) < 4.78 is 1.67. The molecule has 0 spiro atoms. The van der Waals surface area contributed by atoms with Gasteiger partial charge in [0.1, 0.15) is 0 Å². The van der Waals surface area contributed by atoms with Crippen LogP contribution in [0.4, 0.5) is 5.69 Å². The molecule has 0 fully saturated rings. The third-order valence-electron chi connectivity index (χ3n) is 2.69.